The molecule has 2 aromatic rings. The molecule has 1 heterocycles. The summed E-state index contributed by atoms with van der Waals surface area (Å²) >= 11 is 0. The van der Waals surface area contributed by atoms with Crippen molar-refractivity contribution in [1.29, 1.82) is 0 Å². The highest BCUT2D eigenvalue weighted by Crippen LogP contribution is 2.19. The third kappa shape index (κ3) is 1.26. The molecule has 70 valence electrons. The Kier molecular flexibility index (Phi) is 1.81. The Morgan fingerprint density at radius 1 is 1.43 bits per heavy atom. The summed E-state index contributed by atoms with van der Waals surface area (Å²) in [5, 5.41) is 10.3. The largest absolute Gasteiger partial charge is 0.478 e. The number of pyridine rings is 1. The lowest BCUT2D eigenvalue weighted by molar-refractivity contribution is 0.0699. The van der Waals surface area contributed by atoms with E-state index in [0.717, 1.165) is 5.39 Å². The molecule has 4 nitrogen and oxygen atoms in total. The van der Waals surface area contributed by atoms with Gasteiger partial charge in [-0.1, -0.05) is 12.1 Å². The SMILES string of the molecule is Nc1cc2c(C(=O)O)cccc2cn1. The van der Waals surface area contributed by atoms with Gasteiger partial charge in [0.1, 0.15) is 5.82 Å². The summed E-state index contributed by atoms with van der Waals surface area (Å²) in [6.07, 6.45) is 1.57. The lowest BCUT2D eigenvalue weighted by Crippen LogP contribution is -1.98. The molecule has 1 aromatic heterocycles. The summed E-state index contributed by atoms with van der Waals surface area (Å²) < 4.78 is 0. The molecule has 0 aliphatic rings. The molecule has 0 spiro atoms. The molecule has 3 N–H and O–H groups in total. The zero-order valence-electron chi connectivity index (χ0n) is 7.27. The van der Waals surface area contributed by atoms with Crippen LogP contribution in [-0.2, 0) is 0 Å². The van der Waals surface area contributed by atoms with Crippen molar-refractivity contribution < 1.29 is 9.90 Å². The van der Waals surface area contributed by atoms with Gasteiger partial charge < -0.3 is 10.8 Å². The maximum Gasteiger partial charge on any atom is 0.336 e. The molecular weight excluding hydrogens is 180 g/mol. The number of aromatic carboxylic acids is 1. The maximum atomic E-state index is 10.9. The van der Waals surface area contributed by atoms with E-state index < -0.39 is 5.97 Å². The van der Waals surface area contributed by atoms with Crippen LogP contribution in [0.4, 0.5) is 5.82 Å². The van der Waals surface area contributed by atoms with Gasteiger partial charge in [-0.2, -0.15) is 0 Å². The highest BCUT2D eigenvalue weighted by molar-refractivity contribution is 6.03. The summed E-state index contributed by atoms with van der Waals surface area (Å²) in [5.41, 5.74) is 5.74. The van der Waals surface area contributed by atoms with Crippen molar-refractivity contribution in [3.05, 3.63) is 36.0 Å². The van der Waals surface area contributed by atoms with Crippen molar-refractivity contribution in [2.75, 3.05) is 5.73 Å². The minimum atomic E-state index is -0.957. The van der Waals surface area contributed by atoms with E-state index in [1.807, 2.05) is 0 Å². The Balaban J connectivity index is 2.84. The molecule has 1 aromatic carbocycles. The van der Waals surface area contributed by atoms with Crippen molar-refractivity contribution >= 4 is 22.6 Å². The molecule has 0 fully saturated rings. The molecule has 0 saturated carbocycles. The summed E-state index contributed by atoms with van der Waals surface area (Å²) in [7, 11) is 0. The van der Waals surface area contributed by atoms with Crippen molar-refractivity contribution in [3.63, 3.8) is 0 Å². The van der Waals surface area contributed by atoms with E-state index in [2.05, 4.69) is 4.98 Å². The Morgan fingerprint density at radius 3 is 2.93 bits per heavy atom. The van der Waals surface area contributed by atoms with Crippen molar-refractivity contribution in [2.24, 2.45) is 0 Å². The number of carboxylic acid groups (broad SMARTS) is 1. The summed E-state index contributed by atoms with van der Waals surface area (Å²) in [5.74, 6) is -0.632. The van der Waals surface area contributed by atoms with E-state index in [9.17, 15) is 4.79 Å². The van der Waals surface area contributed by atoms with Crippen LogP contribution < -0.4 is 5.73 Å². The second-order valence-electron chi connectivity index (χ2n) is 2.94. The monoisotopic (exact) mass is 188 g/mol. The van der Waals surface area contributed by atoms with Gasteiger partial charge in [-0.25, -0.2) is 9.78 Å². The Labute approximate surface area is 80.0 Å². The quantitative estimate of drug-likeness (QED) is 0.711. The first kappa shape index (κ1) is 8.50. The van der Waals surface area contributed by atoms with Gasteiger partial charge in [0, 0.05) is 17.0 Å². The number of nitrogens with two attached hydrogens (primary N) is 1. The summed E-state index contributed by atoms with van der Waals surface area (Å²) in [6, 6.07) is 6.60. The normalized spacial score (nSPS) is 10.3. The number of nitrogens with zero attached hydrogens (tertiary/aromatic N) is 1. The molecule has 14 heavy (non-hydrogen) atoms. The smallest absolute Gasteiger partial charge is 0.336 e. The van der Waals surface area contributed by atoms with Gasteiger partial charge in [0.15, 0.2) is 0 Å². The van der Waals surface area contributed by atoms with Crippen molar-refractivity contribution in [1.82, 2.24) is 4.98 Å². The number of carboxylic acids is 1. The molecule has 0 radical (unpaired) electrons. The number of anilines is 1. The summed E-state index contributed by atoms with van der Waals surface area (Å²) in [4.78, 5) is 14.8. The van der Waals surface area contributed by atoms with Gasteiger partial charge in [0.05, 0.1) is 5.56 Å². The van der Waals surface area contributed by atoms with Crippen LogP contribution in [0.1, 0.15) is 10.4 Å². The first-order chi connectivity index (χ1) is 6.68. The fraction of sp³-hybridized carbons (Fsp3) is 0. The minimum absolute atomic E-state index is 0.247. The van der Waals surface area contributed by atoms with Gasteiger partial charge >= 0.3 is 5.97 Å². The molecule has 0 aliphatic carbocycles. The van der Waals surface area contributed by atoms with E-state index >= 15 is 0 Å². The standard InChI is InChI=1S/C10H8N2O2/c11-9-4-8-6(5-12-9)2-1-3-7(8)10(13)14/h1-5H,(H2,11,12)(H,13,14). The molecule has 0 saturated heterocycles. The zero-order chi connectivity index (χ0) is 10.1. The number of hydrogen-bond donors (Lipinski definition) is 2. The van der Waals surface area contributed by atoms with E-state index in [1.54, 1.807) is 30.5 Å². The number of aromatic nitrogens is 1. The van der Waals surface area contributed by atoms with Crippen LogP contribution in [0.25, 0.3) is 10.8 Å². The van der Waals surface area contributed by atoms with Gasteiger partial charge in [0.2, 0.25) is 0 Å². The number of nitrogen functional groups attached to an aromatic ring is 1. The van der Waals surface area contributed by atoms with E-state index in [4.69, 9.17) is 10.8 Å². The molecule has 0 amide bonds. The highest BCUT2D eigenvalue weighted by atomic mass is 16.4. The first-order valence-electron chi connectivity index (χ1n) is 4.06. The van der Waals surface area contributed by atoms with Crippen LogP contribution in [-0.4, -0.2) is 16.1 Å². The fourth-order valence-corrected chi connectivity index (χ4v) is 1.37. The van der Waals surface area contributed by atoms with Crippen LogP contribution in [0.3, 0.4) is 0 Å². The zero-order valence-corrected chi connectivity index (χ0v) is 7.27. The average Bonchev–Trinajstić information content (AvgIpc) is 2.16. The molecule has 0 aliphatic heterocycles. The topological polar surface area (TPSA) is 76.2 Å². The Bertz CT molecular complexity index is 508. The third-order valence-electron chi connectivity index (χ3n) is 2.02. The average molecular weight is 188 g/mol. The van der Waals surface area contributed by atoms with Crippen LogP contribution in [0.2, 0.25) is 0 Å². The third-order valence-corrected chi connectivity index (χ3v) is 2.02. The molecular formula is C10H8N2O2. The first-order valence-corrected chi connectivity index (χ1v) is 4.06. The van der Waals surface area contributed by atoms with Crippen molar-refractivity contribution in [2.45, 2.75) is 0 Å². The van der Waals surface area contributed by atoms with Crippen LogP contribution in [0.5, 0.6) is 0 Å². The second kappa shape index (κ2) is 2.99. The number of benzene rings is 1. The van der Waals surface area contributed by atoms with E-state index in [0.29, 0.717) is 11.2 Å². The molecule has 0 atom stereocenters. The second-order valence-corrected chi connectivity index (χ2v) is 2.94. The van der Waals surface area contributed by atoms with Crippen LogP contribution in [0.15, 0.2) is 30.5 Å². The van der Waals surface area contributed by atoms with Gasteiger partial charge in [-0.15, -0.1) is 0 Å². The highest BCUT2D eigenvalue weighted by Gasteiger charge is 2.07. The molecule has 4 heteroatoms. The Hall–Kier alpha value is -2.10. The van der Waals surface area contributed by atoms with Gasteiger partial charge in [-0.05, 0) is 12.1 Å². The predicted molar refractivity (Wildman–Crippen MR) is 53.1 cm³/mol. The number of rotatable bonds is 1. The number of hydrogen-bond acceptors (Lipinski definition) is 3. The molecule has 2 rings (SSSR count). The number of carbonyl (C=O) groups is 1. The fourth-order valence-electron chi connectivity index (χ4n) is 1.37. The number of fused-ring (bicyclic) bond motifs is 1. The van der Waals surface area contributed by atoms with Gasteiger partial charge in [0.25, 0.3) is 0 Å². The minimum Gasteiger partial charge on any atom is -0.478 e. The van der Waals surface area contributed by atoms with Crippen LogP contribution in [0, 0.1) is 0 Å². The maximum absolute atomic E-state index is 10.9. The molecule has 0 unspecified atom stereocenters. The lowest BCUT2D eigenvalue weighted by Gasteiger charge is -2.02. The summed E-state index contributed by atoms with van der Waals surface area (Å²) in [6.45, 7) is 0. The lowest BCUT2D eigenvalue weighted by atomic mass is 10.1. The predicted octanol–water partition coefficient (Wildman–Crippen LogP) is 1.52. The van der Waals surface area contributed by atoms with Crippen molar-refractivity contribution in [3.8, 4) is 0 Å². The van der Waals surface area contributed by atoms with E-state index in [1.165, 1.54) is 0 Å². The Morgan fingerprint density at radius 2 is 2.21 bits per heavy atom. The van der Waals surface area contributed by atoms with Crippen LogP contribution >= 0.6 is 0 Å². The van der Waals surface area contributed by atoms with E-state index in [-0.39, 0.29) is 5.56 Å². The molecule has 0 bridgehead atoms. The van der Waals surface area contributed by atoms with Gasteiger partial charge in [-0.3, -0.25) is 0 Å².